The van der Waals surface area contributed by atoms with Gasteiger partial charge in [-0.1, -0.05) is 12.8 Å². The smallest absolute Gasteiger partial charge is 0.243 e. The van der Waals surface area contributed by atoms with Crippen molar-refractivity contribution >= 4 is 23.2 Å². The van der Waals surface area contributed by atoms with Gasteiger partial charge in [-0.3, -0.25) is 4.79 Å². The third-order valence-electron chi connectivity index (χ3n) is 3.98. The van der Waals surface area contributed by atoms with E-state index in [1.807, 2.05) is 13.8 Å². The highest BCUT2D eigenvalue weighted by Gasteiger charge is 2.17. The molecule has 0 unspecified atom stereocenters. The van der Waals surface area contributed by atoms with Gasteiger partial charge in [-0.25, -0.2) is 9.98 Å². The van der Waals surface area contributed by atoms with Crippen LogP contribution in [-0.2, 0) is 11.3 Å². The van der Waals surface area contributed by atoms with E-state index in [-0.39, 0.29) is 12.5 Å². The summed E-state index contributed by atoms with van der Waals surface area (Å²) in [4.78, 5) is 23.4. The minimum Gasteiger partial charge on any atom is -0.354 e. The van der Waals surface area contributed by atoms with E-state index in [1.54, 1.807) is 30.3 Å². The van der Waals surface area contributed by atoms with Gasteiger partial charge in [-0.05, 0) is 26.7 Å². The van der Waals surface area contributed by atoms with Crippen molar-refractivity contribution < 1.29 is 4.79 Å². The van der Waals surface area contributed by atoms with Crippen LogP contribution in [-0.4, -0.2) is 48.4 Å². The highest BCUT2D eigenvalue weighted by atomic mass is 32.1. The highest BCUT2D eigenvalue weighted by molar-refractivity contribution is 7.11. The predicted octanol–water partition coefficient (Wildman–Crippen LogP) is 1.83. The highest BCUT2D eigenvalue weighted by Crippen LogP contribution is 2.18. The number of amides is 1. The Balaban J connectivity index is 1.98. The first-order valence-corrected chi connectivity index (χ1v) is 8.95. The van der Waals surface area contributed by atoms with Crippen molar-refractivity contribution in [1.29, 1.82) is 0 Å². The standard InChI is InChI=1S/C16H27N5OS/c1-11-14(23-12(2)19-11)9-17-16(18-10-15(22)21(3)4)20-13-7-5-6-8-13/h13H,5-10H2,1-4H3,(H2,17,18,20). The molecule has 6 nitrogen and oxygen atoms in total. The summed E-state index contributed by atoms with van der Waals surface area (Å²) in [5.74, 6) is 0.722. The third kappa shape index (κ3) is 5.49. The number of carbonyl (C=O) groups is 1. The SMILES string of the molecule is Cc1nc(C)c(CNC(=NCC(=O)N(C)C)NC2CCCC2)s1. The lowest BCUT2D eigenvalue weighted by molar-refractivity contribution is -0.127. The second kappa shape index (κ2) is 8.29. The van der Waals surface area contributed by atoms with Crippen LogP contribution in [0.5, 0.6) is 0 Å². The first kappa shape index (κ1) is 17.7. The number of nitrogens with one attached hydrogen (secondary N) is 2. The fourth-order valence-corrected chi connectivity index (χ4v) is 3.48. The number of aliphatic imine (C=N–C) groups is 1. The van der Waals surface area contributed by atoms with E-state index in [2.05, 4.69) is 20.6 Å². The number of rotatable bonds is 5. The largest absolute Gasteiger partial charge is 0.354 e. The van der Waals surface area contributed by atoms with Crippen molar-refractivity contribution in [2.75, 3.05) is 20.6 Å². The number of carbonyl (C=O) groups excluding carboxylic acids is 1. The number of guanidine groups is 1. The second-order valence-electron chi connectivity index (χ2n) is 6.17. The van der Waals surface area contributed by atoms with Crippen LogP contribution in [0.25, 0.3) is 0 Å². The van der Waals surface area contributed by atoms with E-state index >= 15 is 0 Å². The molecule has 1 aliphatic rings. The van der Waals surface area contributed by atoms with Crippen LogP contribution in [0.3, 0.4) is 0 Å². The van der Waals surface area contributed by atoms with Crippen molar-refractivity contribution in [3.8, 4) is 0 Å². The van der Waals surface area contributed by atoms with Crippen molar-refractivity contribution in [1.82, 2.24) is 20.5 Å². The zero-order valence-corrected chi connectivity index (χ0v) is 15.3. The zero-order valence-electron chi connectivity index (χ0n) is 14.5. The van der Waals surface area contributed by atoms with Gasteiger partial charge < -0.3 is 15.5 Å². The molecular formula is C16H27N5OS. The summed E-state index contributed by atoms with van der Waals surface area (Å²) in [6.07, 6.45) is 4.85. The van der Waals surface area contributed by atoms with E-state index < -0.39 is 0 Å². The number of aryl methyl sites for hydroxylation is 2. The molecule has 0 aromatic carbocycles. The van der Waals surface area contributed by atoms with Gasteiger partial charge in [0.2, 0.25) is 5.91 Å². The molecule has 0 radical (unpaired) electrons. The Kier molecular flexibility index (Phi) is 6.38. The number of likely N-dealkylation sites (N-methyl/N-ethyl adjacent to an activating group) is 1. The van der Waals surface area contributed by atoms with Crippen LogP contribution in [0.4, 0.5) is 0 Å². The minimum atomic E-state index is 0.00216. The van der Waals surface area contributed by atoms with Gasteiger partial charge in [0.25, 0.3) is 0 Å². The van der Waals surface area contributed by atoms with Gasteiger partial charge in [0.15, 0.2) is 5.96 Å². The molecular weight excluding hydrogens is 310 g/mol. The lowest BCUT2D eigenvalue weighted by Crippen LogP contribution is -2.42. The molecule has 2 rings (SSSR count). The summed E-state index contributed by atoms with van der Waals surface area (Å²) in [6, 6.07) is 0.458. The van der Waals surface area contributed by atoms with Gasteiger partial charge in [0.1, 0.15) is 6.54 Å². The molecule has 1 fully saturated rings. The van der Waals surface area contributed by atoms with Crippen molar-refractivity contribution in [3.05, 3.63) is 15.6 Å². The number of thiazole rings is 1. The Morgan fingerprint density at radius 3 is 2.61 bits per heavy atom. The molecule has 7 heteroatoms. The molecule has 2 N–H and O–H groups in total. The average Bonchev–Trinajstić information content (AvgIpc) is 3.11. The zero-order chi connectivity index (χ0) is 16.8. The molecule has 1 amide bonds. The second-order valence-corrected chi connectivity index (χ2v) is 7.46. The van der Waals surface area contributed by atoms with Gasteiger partial charge in [-0.15, -0.1) is 11.3 Å². The summed E-state index contributed by atoms with van der Waals surface area (Å²) < 4.78 is 0. The molecule has 0 aliphatic heterocycles. The summed E-state index contributed by atoms with van der Waals surface area (Å²) in [6.45, 7) is 4.89. The van der Waals surface area contributed by atoms with E-state index in [0.717, 1.165) is 16.7 Å². The topological polar surface area (TPSA) is 69.6 Å². The summed E-state index contributed by atoms with van der Waals surface area (Å²) in [7, 11) is 3.50. The minimum absolute atomic E-state index is 0.00216. The maximum Gasteiger partial charge on any atom is 0.243 e. The van der Waals surface area contributed by atoms with E-state index in [0.29, 0.717) is 12.6 Å². The number of hydrogen-bond acceptors (Lipinski definition) is 4. The lowest BCUT2D eigenvalue weighted by Gasteiger charge is -2.17. The molecule has 128 valence electrons. The van der Waals surface area contributed by atoms with Crippen LogP contribution in [0.15, 0.2) is 4.99 Å². The summed E-state index contributed by atoms with van der Waals surface area (Å²) in [5.41, 5.74) is 1.06. The molecule has 1 aromatic rings. The molecule has 1 aliphatic carbocycles. The van der Waals surface area contributed by atoms with Gasteiger partial charge in [0.05, 0.1) is 17.2 Å². The van der Waals surface area contributed by atoms with Gasteiger partial charge in [0, 0.05) is 25.0 Å². The van der Waals surface area contributed by atoms with Crippen molar-refractivity contribution in [2.24, 2.45) is 4.99 Å². The third-order valence-corrected chi connectivity index (χ3v) is 5.06. The van der Waals surface area contributed by atoms with Crippen molar-refractivity contribution in [3.63, 3.8) is 0 Å². The molecule has 1 saturated carbocycles. The summed E-state index contributed by atoms with van der Waals surface area (Å²) >= 11 is 1.70. The average molecular weight is 337 g/mol. The Morgan fingerprint density at radius 2 is 2.04 bits per heavy atom. The quantitative estimate of drug-likeness (QED) is 0.635. The molecule has 1 aromatic heterocycles. The Bertz CT molecular complexity index is 561. The van der Waals surface area contributed by atoms with Crippen LogP contribution in [0.2, 0.25) is 0 Å². The number of aromatic nitrogens is 1. The summed E-state index contributed by atoms with van der Waals surface area (Å²) in [5, 5.41) is 7.88. The normalized spacial score (nSPS) is 15.7. The first-order valence-electron chi connectivity index (χ1n) is 8.13. The van der Waals surface area contributed by atoms with Crippen molar-refractivity contribution in [2.45, 2.75) is 52.1 Å². The first-order chi connectivity index (χ1) is 11.0. The maximum absolute atomic E-state index is 11.8. The molecule has 1 heterocycles. The van der Waals surface area contributed by atoms with Crippen LogP contribution >= 0.6 is 11.3 Å². The van der Waals surface area contributed by atoms with Crippen LogP contribution < -0.4 is 10.6 Å². The Hall–Kier alpha value is -1.63. The van der Waals surface area contributed by atoms with Gasteiger partial charge in [-0.2, -0.15) is 0 Å². The van der Waals surface area contributed by atoms with E-state index in [1.165, 1.54) is 30.6 Å². The maximum atomic E-state index is 11.8. The fraction of sp³-hybridized carbons (Fsp3) is 0.688. The molecule has 0 saturated heterocycles. The predicted molar refractivity (Wildman–Crippen MR) is 94.8 cm³/mol. The molecule has 23 heavy (non-hydrogen) atoms. The lowest BCUT2D eigenvalue weighted by atomic mass is 10.2. The van der Waals surface area contributed by atoms with Crippen LogP contribution in [0.1, 0.15) is 41.3 Å². The van der Waals surface area contributed by atoms with Crippen LogP contribution in [0, 0.1) is 13.8 Å². The molecule has 0 spiro atoms. The van der Waals surface area contributed by atoms with E-state index in [9.17, 15) is 4.79 Å². The Labute approximate surface area is 142 Å². The number of nitrogens with zero attached hydrogens (tertiary/aromatic N) is 3. The Morgan fingerprint density at radius 1 is 1.35 bits per heavy atom. The monoisotopic (exact) mass is 337 g/mol. The number of hydrogen-bond donors (Lipinski definition) is 2. The van der Waals surface area contributed by atoms with E-state index in [4.69, 9.17) is 0 Å². The fourth-order valence-electron chi connectivity index (χ4n) is 2.61. The molecule has 0 bridgehead atoms. The molecule has 0 atom stereocenters. The van der Waals surface area contributed by atoms with Gasteiger partial charge >= 0.3 is 0 Å².